The minimum absolute atomic E-state index is 0.0625. The molecule has 5 rings (SSSR count). The van der Waals surface area contributed by atoms with E-state index < -0.39 is 17.7 Å². The van der Waals surface area contributed by atoms with E-state index in [1.165, 1.54) is 0 Å². The number of rotatable bonds is 11. The summed E-state index contributed by atoms with van der Waals surface area (Å²) in [5, 5.41) is 11.5. The van der Waals surface area contributed by atoms with Crippen molar-refractivity contribution in [3.8, 4) is 17.2 Å². The molecule has 0 spiro atoms. The number of Topliss-reactive ketones (excluding diaryl/α,β-unsaturated/α-hetero) is 1. The minimum atomic E-state index is -0.733. The van der Waals surface area contributed by atoms with Crippen LogP contribution in [0.3, 0.4) is 0 Å². The van der Waals surface area contributed by atoms with Crippen molar-refractivity contribution < 1.29 is 28.9 Å². The molecule has 2 aliphatic rings. The topological polar surface area (TPSA) is 88.5 Å². The van der Waals surface area contributed by atoms with Crippen LogP contribution in [0, 0.1) is 0 Å². The summed E-state index contributed by atoms with van der Waals surface area (Å²) < 4.78 is 17.2. The maximum Gasteiger partial charge on any atom is 0.295 e. The van der Waals surface area contributed by atoms with Crippen LogP contribution < -0.4 is 14.2 Å². The van der Waals surface area contributed by atoms with Crippen LogP contribution in [0.1, 0.15) is 43.0 Å². The zero-order chi connectivity index (χ0) is 28.8. The molecule has 0 saturated carbocycles. The van der Waals surface area contributed by atoms with Crippen molar-refractivity contribution in [3.63, 3.8) is 0 Å². The molecule has 1 amide bonds. The lowest BCUT2D eigenvalue weighted by Gasteiger charge is -2.27. The number of likely N-dealkylation sites (tertiary alicyclic amines) is 1. The Hall–Kier alpha value is -4.30. The number of aliphatic hydroxyl groups is 1. The molecule has 214 valence electrons. The third kappa shape index (κ3) is 6.23. The van der Waals surface area contributed by atoms with Crippen LogP contribution in [0.25, 0.3) is 5.76 Å². The number of hydrogen-bond donors (Lipinski definition) is 1. The SMILES string of the molecule is CCN(CC)CCCN1C(=O)C(=O)/C(=C(/O)c2ccc3c(c2)OCCO3)[C@H]1c1ccc(OCc2ccccc2)cc1. The number of nitrogens with zero attached hydrogens (tertiary/aromatic N) is 2. The van der Waals surface area contributed by atoms with Gasteiger partial charge in [-0.05, 0) is 67.5 Å². The van der Waals surface area contributed by atoms with E-state index >= 15 is 0 Å². The highest BCUT2D eigenvalue weighted by Gasteiger charge is 2.46. The van der Waals surface area contributed by atoms with Crippen LogP contribution in [0.2, 0.25) is 0 Å². The van der Waals surface area contributed by atoms with E-state index in [1.807, 2.05) is 54.6 Å². The first-order chi connectivity index (χ1) is 20.0. The number of fused-ring (bicyclic) bond motifs is 1. The molecular formula is C33H36N2O6. The van der Waals surface area contributed by atoms with E-state index in [1.54, 1.807) is 23.1 Å². The molecule has 1 N–H and O–H groups in total. The van der Waals surface area contributed by atoms with Crippen LogP contribution in [0.5, 0.6) is 17.2 Å². The van der Waals surface area contributed by atoms with Gasteiger partial charge in [-0.25, -0.2) is 0 Å². The first-order valence-electron chi connectivity index (χ1n) is 14.2. The third-order valence-electron chi connectivity index (χ3n) is 7.57. The molecule has 0 unspecified atom stereocenters. The summed E-state index contributed by atoms with van der Waals surface area (Å²) in [5.41, 5.74) is 2.23. The Kier molecular flexibility index (Phi) is 8.89. The molecule has 8 heteroatoms. The van der Waals surface area contributed by atoms with Crippen molar-refractivity contribution >= 4 is 17.4 Å². The number of ketones is 1. The largest absolute Gasteiger partial charge is 0.507 e. The highest BCUT2D eigenvalue weighted by Crippen LogP contribution is 2.41. The second-order valence-electron chi connectivity index (χ2n) is 10.1. The maximum atomic E-state index is 13.4. The lowest BCUT2D eigenvalue weighted by atomic mass is 9.95. The second-order valence-corrected chi connectivity index (χ2v) is 10.1. The molecule has 8 nitrogen and oxygen atoms in total. The minimum Gasteiger partial charge on any atom is -0.507 e. The standard InChI is InChI=1S/C33H36N2O6/c1-3-34(4-2)17-8-18-35-30(24-11-14-26(15-12-24)41-22-23-9-6-5-7-10-23)29(32(37)33(35)38)31(36)25-13-16-27-28(21-25)40-20-19-39-27/h5-7,9-16,21,30,36H,3-4,8,17-20,22H2,1-2H3/b31-29+/t30-/m1/s1. The number of amides is 1. The zero-order valence-corrected chi connectivity index (χ0v) is 23.5. The molecule has 1 atom stereocenters. The Bertz CT molecular complexity index is 1400. The van der Waals surface area contributed by atoms with E-state index in [2.05, 4.69) is 18.7 Å². The first-order valence-corrected chi connectivity index (χ1v) is 14.2. The second kappa shape index (κ2) is 12.9. The van der Waals surface area contributed by atoms with Gasteiger partial charge in [0, 0.05) is 12.1 Å². The van der Waals surface area contributed by atoms with Crippen LogP contribution in [-0.2, 0) is 16.2 Å². The number of benzene rings is 3. The summed E-state index contributed by atoms with van der Waals surface area (Å²) in [6.45, 7) is 8.48. The monoisotopic (exact) mass is 556 g/mol. The van der Waals surface area contributed by atoms with E-state index in [-0.39, 0.29) is 11.3 Å². The van der Waals surface area contributed by atoms with E-state index in [0.717, 1.165) is 30.8 Å². The Labute approximate surface area is 240 Å². The average Bonchev–Trinajstić information content (AvgIpc) is 3.27. The van der Waals surface area contributed by atoms with Crippen molar-refractivity contribution in [2.75, 3.05) is 39.4 Å². The molecule has 2 aliphatic heterocycles. The molecular weight excluding hydrogens is 520 g/mol. The quantitative estimate of drug-likeness (QED) is 0.198. The van der Waals surface area contributed by atoms with Gasteiger partial charge in [0.2, 0.25) is 0 Å². The Morgan fingerprint density at radius 3 is 2.37 bits per heavy atom. The molecule has 3 aromatic carbocycles. The lowest BCUT2D eigenvalue weighted by Crippen LogP contribution is -2.33. The number of hydrogen-bond acceptors (Lipinski definition) is 7. The highest BCUT2D eigenvalue weighted by molar-refractivity contribution is 6.46. The summed E-state index contributed by atoms with van der Waals surface area (Å²) in [6.07, 6.45) is 0.702. The molecule has 1 fully saturated rings. The van der Waals surface area contributed by atoms with E-state index in [9.17, 15) is 14.7 Å². The Balaban J connectivity index is 1.46. The predicted molar refractivity (Wildman–Crippen MR) is 156 cm³/mol. The normalized spacial score (nSPS) is 17.7. The summed E-state index contributed by atoms with van der Waals surface area (Å²) in [6, 6.07) is 21.6. The molecule has 1 saturated heterocycles. The third-order valence-corrected chi connectivity index (χ3v) is 7.57. The van der Waals surface area contributed by atoms with Crippen LogP contribution in [0.15, 0.2) is 78.4 Å². The Morgan fingerprint density at radius 2 is 1.66 bits per heavy atom. The van der Waals surface area contributed by atoms with Crippen molar-refractivity contribution in [1.82, 2.24) is 9.80 Å². The molecule has 0 aliphatic carbocycles. The van der Waals surface area contributed by atoms with E-state index in [0.29, 0.717) is 55.6 Å². The van der Waals surface area contributed by atoms with Crippen LogP contribution in [0.4, 0.5) is 0 Å². The molecule has 41 heavy (non-hydrogen) atoms. The zero-order valence-electron chi connectivity index (χ0n) is 23.5. The van der Waals surface area contributed by atoms with Gasteiger partial charge in [0.05, 0.1) is 11.6 Å². The van der Waals surface area contributed by atoms with Gasteiger partial charge >= 0.3 is 0 Å². The molecule has 3 aromatic rings. The fourth-order valence-electron chi connectivity index (χ4n) is 5.30. The first kappa shape index (κ1) is 28.2. The van der Waals surface area contributed by atoms with Gasteiger partial charge in [-0.15, -0.1) is 0 Å². The van der Waals surface area contributed by atoms with Crippen LogP contribution >= 0.6 is 0 Å². The molecule has 0 aromatic heterocycles. The number of ether oxygens (including phenoxy) is 3. The molecule has 0 radical (unpaired) electrons. The lowest BCUT2D eigenvalue weighted by molar-refractivity contribution is -0.140. The highest BCUT2D eigenvalue weighted by atomic mass is 16.6. The van der Waals surface area contributed by atoms with Crippen molar-refractivity contribution in [2.24, 2.45) is 0 Å². The van der Waals surface area contributed by atoms with Gasteiger partial charge in [0.1, 0.15) is 31.3 Å². The molecule has 2 heterocycles. The smallest absolute Gasteiger partial charge is 0.295 e. The fourth-order valence-corrected chi connectivity index (χ4v) is 5.30. The van der Waals surface area contributed by atoms with Gasteiger partial charge in [-0.2, -0.15) is 0 Å². The van der Waals surface area contributed by atoms with Gasteiger partial charge in [0.25, 0.3) is 11.7 Å². The van der Waals surface area contributed by atoms with Crippen molar-refractivity contribution in [1.29, 1.82) is 0 Å². The Morgan fingerprint density at radius 1 is 0.951 bits per heavy atom. The number of carbonyl (C=O) groups is 2. The number of aliphatic hydroxyl groups excluding tert-OH is 1. The summed E-state index contributed by atoms with van der Waals surface area (Å²) in [4.78, 5) is 30.7. The summed E-state index contributed by atoms with van der Waals surface area (Å²) in [7, 11) is 0. The maximum absolute atomic E-state index is 13.4. The van der Waals surface area contributed by atoms with Gasteiger partial charge in [-0.3, -0.25) is 9.59 Å². The summed E-state index contributed by atoms with van der Waals surface area (Å²) >= 11 is 0. The summed E-state index contributed by atoms with van der Waals surface area (Å²) in [5.74, 6) is 0.189. The van der Waals surface area contributed by atoms with Gasteiger partial charge in [0.15, 0.2) is 11.5 Å². The van der Waals surface area contributed by atoms with Crippen LogP contribution in [-0.4, -0.2) is 66.0 Å². The fraction of sp³-hybridized carbons (Fsp3) is 0.333. The average molecular weight is 557 g/mol. The van der Waals surface area contributed by atoms with Gasteiger partial charge < -0.3 is 29.1 Å². The van der Waals surface area contributed by atoms with Crippen molar-refractivity contribution in [3.05, 3.63) is 95.1 Å². The molecule has 0 bridgehead atoms. The predicted octanol–water partition coefficient (Wildman–Crippen LogP) is 5.19. The number of carbonyl (C=O) groups excluding carboxylic acids is 2. The van der Waals surface area contributed by atoms with E-state index in [4.69, 9.17) is 14.2 Å². The van der Waals surface area contributed by atoms with Gasteiger partial charge in [-0.1, -0.05) is 56.3 Å². The van der Waals surface area contributed by atoms with Crippen molar-refractivity contribution in [2.45, 2.75) is 32.9 Å².